The number of rotatable bonds is 2. The zero-order valence-corrected chi connectivity index (χ0v) is 11.8. The van der Waals surface area contributed by atoms with Gasteiger partial charge in [0.1, 0.15) is 11.9 Å². The van der Waals surface area contributed by atoms with Gasteiger partial charge in [-0.25, -0.2) is 0 Å². The molecule has 2 aromatic rings. The third kappa shape index (κ3) is 1.88. The van der Waals surface area contributed by atoms with Crippen LogP contribution >= 0.6 is 0 Å². The van der Waals surface area contributed by atoms with Gasteiger partial charge in [-0.1, -0.05) is 6.07 Å². The largest absolute Gasteiger partial charge is 0.334 e. The maximum absolute atomic E-state index is 12.2. The first-order valence-electron chi connectivity index (χ1n) is 6.69. The number of nitrogens with zero attached hydrogens (tertiary/aromatic N) is 5. The van der Waals surface area contributed by atoms with Crippen LogP contribution in [0.1, 0.15) is 43.1 Å². The average Bonchev–Trinajstić information content (AvgIpc) is 2.88. The van der Waals surface area contributed by atoms with Crippen LogP contribution in [-0.2, 0) is 11.2 Å². The van der Waals surface area contributed by atoms with Crippen molar-refractivity contribution in [1.82, 2.24) is 24.6 Å². The molecule has 20 heavy (non-hydrogen) atoms. The number of carbonyl (C=O) groups is 1. The summed E-state index contributed by atoms with van der Waals surface area (Å²) in [5, 5.41) is 8.54. The Hall–Kier alpha value is -2.24. The number of carbonyl (C=O) groups excluding carboxylic acids is 1. The molecule has 6 heteroatoms. The van der Waals surface area contributed by atoms with Gasteiger partial charge in [-0.3, -0.25) is 9.78 Å². The monoisotopic (exact) mass is 271 g/mol. The lowest BCUT2D eigenvalue weighted by molar-refractivity contribution is -0.137. The minimum absolute atomic E-state index is 0.0474. The van der Waals surface area contributed by atoms with E-state index in [1.165, 1.54) is 0 Å². The molecule has 104 valence electrons. The van der Waals surface area contributed by atoms with Gasteiger partial charge in [0.05, 0.1) is 6.04 Å². The predicted octanol–water partition coefficient (Wildman–Crippen LogP) is 1.36. The number of hydrogen-bond acceptors (Lipinski definition) is 4. The normalized spacial score (nSPS) is 21.9. The van der Waals surface area contributed by atoms with Gasteiger partial charge < -0.3 is 9.47 Å². The highest BCUT2D eigenvalue weighted by atomic mass is 16.2. The van der Waals surface area contributed by atoms with Crippen molar-refractivity contribution in [3.05, 3.63) is 41.7 Å². The fourth-order valence-corrected chi connectivity index (χ4v) is 2.62. The van der Waals surface area contributed by atoms with E-state index < -0.39 is 0 Å². The molecule has 0 aliphatic carbocycles. The van der Waals surface area contributed by atoms with Crippen LogP contribution in [0.5, 0.6) is 0 Å². The summed E-state index contributed by atoms with van der Waals surface area (Å²) in [5.41, 5.74) is 1.06. The molecule has 3 heterocycles. The van der Waals surface area contributed by atoms with Gasteiger partial charge in [-0.2, -0.15) is 0 Å². The molecule has 6 nitrogen and oxygen atoms in total. The average molecular weight is 271 g/mol. The quantitative estimate of drug-likeness (QED) is 0.827. The van der Waals surface area contributed by atoms with Gasteiger partial charge in [0.2, 0.25) is 5.91 Å². The lowest BCUT2D eigenvalue weighted by Crippen LogP contribution is -2.42. The summed E-state index contributed by atoms with van der Waals surface area (Å²) in [5.74, 6) is 1.75. The standard InChI is InChI=1S/C14H17N5O/c1-9-13-17-16-12(7-11-5-4-6-15-8-11)19(13)10(2)14(20)18(9)3/h4-6,8-10H,7H2,1-3H3/t9-,10-/m0/s1. The molecule has 2 aromatic heterocycles. The van der Waals surface area contributed by atoms with Gasteiger partial charge >= 0.3 is 0 Å². The van der Waals surface area contributed by atoms with E-state index in [4.69, 9.17) is 0 Å². The number of fused-ring (bicyclic) bond motifs is 1. The van der Waals surface area contributed by atoms with Gasteiger partial charge in [0.25, 0.3) is 0 Å². The first kappa shape index (κ1) is 12.8. The third-order valence-electron chi connectivity index (χ3n) is 3.92. The lowest BCUT2D eigenvalue weighted by atomic mass is 10.1. The van der Waals surface area contributed by atoms with Crippen LogP contribution in [0.3, 0.4) is 0 Å². The van der Waals surface area contributed by atoms with Crippen molar-refractivity contribution < 1.29 is 4.79 Å². The van der Waals surface area contributed by atoms with Crippen molar-refractivity contribution in [2.45, 2.75) is 32.4 Å². The first-order valence-corrected chi connectivity index (χ1v) is 6.69. The SMILES string of the molecule is C[C@H]1c2nnc(Cc3cccnc3)n2[C@@H](C)C(=O)N1C. The highest BCUT2D eigenvalue weighted by Crippen LogP contribution is 2.30. The van der Waals surface area contributed by atoms with E-state index >= 15 is 0 Å². The number of hydrogen-bond donors (Lipinski definition) is 0. The van der Waals surface area contributed by atoms with E-state index in [0.29, 0.717) is 6.42 Å². The topological polar surface area (TPSA) is 63.9 Å². The van der Waals surface area contributed by atoms with E-state index in [1.807, 2.05) is 43.8 Å². The second kappa shape index (κ2) is 4.70. The van der Waals surface area contributed by atoms with Crippen LogP contribution < -0.4 is 0 Å². The zero-order valence-electron chi connectivity index (χ0n) is 11.8. The first-order chi connectivity index (χ1) is 9.59. The molecule has 0 saturated heterocycles. The van der Waals surface area contributed by atoms with E-state index in [1.54, 1.807) is 11.1 Å². The molecule has 1 aliphatic rings. The second-order valence-corrected chi connectivity index (χ2v) is 5.18. The molecule has 0 fully saturated rings. The zero-order chi connectivity index (χ0) is 14.3. The van der Waals surface area contributed by atoms with Crippen molar-refractivity contribution in [3.8, 4) is 0 Å². The summed E-state index contributed by atoms with van der Waals surface area (Å²) >= 11 is 0. The summed E-state index contributed by atoms with van der Waals surface area (Å²) in [6, 6.07) is 3.59. The van der Waals surface area contributed by atoms with E-state index in [9.17, 15) is 4.79 Å². The molecule has 0 radical (unpaired) electrons. The summed E-state index contributed by atoms with van der Waals surface area (Å²) in [6.45, 7) is 3.86. The molecule has 1 aliphatic heterocycles. The lowest BCUT2D eigenvalue weighted by Gasteiger charge is -2.34. The van der Waals surface area contributed by atoms with Crippen LogP contribution in [0, 0.1) is 0 Å². The fourth-order valence-electron chi connectivity index (χ4n) is 2.62. The number of likely N-dealkylation sites (N-methyl/N-ethyl adjacent to an activating group) is 1. The van der Waals surface area contributed by atoms with Crippen molar-refractivity contribution in [2.75, 3.05) is 7.05 Å². The molecule has 0 N–H and O–H groups in total. The van der Waals surface area contributed by atoms with Crippen LogP contribution in [0.15, 0.2) is 24.5 Å². The summed E-state index contributed by atoms with van der Waals surface area (Å²) in [4.78, 5) is 18.1. The van der Waals surface area contributed by atoms with Crippen molar-refractivity contribution in [3.63, 3.8) is 0 Å². The Morgan fingerprint density at radius 1 is 1.25 bits per heavy atom. The van der Waals surface area contributed by atoms with Crippen LogP contribution in [0.4, 0.5) is 0 Å². The maximum atomic E-state index is 12.2. The molecule has 0 unspecified atom stereocenters. The number of aromatic nitrogens is 4. The Kier molecular flexibility index (Phi) is 3.00. The highest BCUT2D eigenvalue weighted by Gasteiger charge is 2.35. The Morgan fingerprint density at radius 2 is 2.05 bits per heavy atom. The molecule has 2 atom stereocenters. The highest BCUT2D eigenvalue weighted by molar-refractivity contribution is 5.81. The predicted molar refractivity (Wildman–Crippen MR) is 73.0 cm³/mol. The Morgan fingerprint density at radius 3 is 2.75 bits per heavy atom. The number of pyridine rings is 1. The summed E-state index contributed by atoms with van der Waals surface area (Å²) in [6.07, 6.45) is 4.19. The fraction of sp³-hybridized carbons (Fsp3) is 0.429. The smallest absolute Gasteiger partial charge is 0.245 e. The molecule has 0 saturated carbocycles. The molecule has 0 spiro atoms. The van der Waals surface area contributed by atoms with Gasteiger partial charge in [-0.05, 0) is 25.5 Å². The van der Waals surface area contributed by atoms with Crippen molar-refractivity contribution in [2.24, 2.45) is 0 Å². The molecule has 1 amide bonds. The van der Waals surface area contributed by atoms with Gasteiger partial charge in [0.15, 0.2) is 5.82 Å². The maximum Gasteiger partial charge on any atom is 0.245 e. The Balaban J connectivity index is 2.00. The Bertz CT molecular complexity index is 636. The van der Waals surface area contributed by atoms with E-state index in [0.717, 1.165) is 17.2 Å². The minimum Gasteiger partial charge on any atom is -0.334 e. The minimum atomic E-state index is -0.257. The Labute approximate surface area is 117 Å². The van der Waals surface area contributed by atoms with Crippen LogP contribution in [0.25, 0.3) is 0 Å². The molecular weight excluding hydrogens is 254 g/mol. The van der Waals surface area contributed by atoms with Crippen LogP contribution in [0.2, 0.25) is 0 Å². The van der Waals surface area contributed by atoms with Gasteiger partial charge in [0, 0.05) is 25.9 Å². The van der Waals surface area contributed by atoms with E-state index in [2.05, 4.69) is 15.2 Å². The second-order valence-electron chi connectivity index (χ2n) is 5.18. The molecule has 3 rings (SSSR count). The van der Waals surface area contributed by atoms with Gasteiger partial charge in [-0.15, -0.1) is 10.2 Å². The number of amides is 1. The third-order valence-corrected chi connectivity index (χ3v) is 3.92. The van der Waals surface area contributed by atoms with E-state index in [-0.39, 0.29) is 18.0 Å². The van der Waals surface area contributed by atoms with Crippen LogP contribution in [-0.4, -0.2) is 37.6 Å². The summed E-state index contributed by atoms with van der Waals surface area (Å²) < 4.78 is 1.96. The molecule has 0 aromatic carbocycles. The molecule has 0 bridgehead atoms. The summed E-state index contributed by atoms with van der Waals surface area (Å²) in [7, 11) is 1.81. The van der Waals surface area contributed by atoms with Crippen molar-refractivity contribution in [1.29, 1.82) is 0 Å². The molecular formula is C14H17N5O. The van der Waals surface area contributed by atoms with Crippen molar-refractivity contribution >= 4 is 5.91 Å².